The quantitative estimate of drug-likeness (QED) is 0.367. The van der Waals surface area contributed by atoms with Crippen LogP contribution in [0.2, 0.25) is 0 Å². The van der Waals surface area contributed by atoms with Crippen LogP contribution in [0, 0.1) is 5.92 Å². The largest absolute Gasteiger partial charge is 0.396 e. The Morgan fingerprint density at radius 2 is 1.68 bits per heavy atom. The third-order valence-electron chi connectivity index (χ3n) is 4.51. The fourth-order valence-electron chi connectivity index (χ4n) is 3.10. The molecule has 0 saturated heterocycles. The van der Waals surface area contributed by atoms with Crippen LogP contribution in [0.5, 0.6) is 0 Å². The summed E-state index contributed by atoms with van der Waals surface area (Å²) >= 11 is 0. The van der Waals surface area contributed by atoms with Gasteiger partial charge >= 0.3 is 0 Å². The summed E-state index contributed by atoms with van der Waals surface area (Å²) < 4.78 is 0. The zero-order valence-corrected chi connectivity index (χ0v) is 14.4. The number of hydrogen-bond acceptors (Lipinski definition) is 2. The second kappa shape index (κ2) is 12.6. The fraction of sp³-hybridized carbons (Fsp3) is 0.750. The molecular formula is C20H34O2. The molecule has 0 bridgehead atoms. The van der Waals surface area contributed by atoms with E-state index >= 15 is 0 Å². The number of unbranched alkanes of at least 4 members (excludes halogenated alkanes) is 9. The maximum atomic E-state index is 11.9. The van der Waals surface area contributed by atoms with Crippen LogP contribution in [0.1, 0.15) is 84.0 Å². The Hall–Kier alpha value is -0.890. The first-order chi connectivity index (χ1) is 10.8. The third-order valence-corrected chi connectivity index (χ3v) is 4.51. The smallest absolute Gasteiger partial charge is 0.181 e. The lowest BCUT2D eigenvalue weighted by Gasteiger charge is -2.10. The van der Waals surface area contributed by atoms with Crippen LogP contribution in [0.4, 0.5) is 0 Å². The minimum Gasteiger partial charge on any atom is -0.396 e. The molecule has 2 nitrogen and oxygen atoms in total. The molecule has 0 aromatic rings. The van der Waals surface area contributed by atoms with Crippen molar-refractivity contribution in [2.45, 2.75) is 84.0 Å². The molecule has 0 fully saturated rings. The van der Waals surface area contributed by atoms with Gasteiger partial charge in [-0.05, 0) is 31.8 Å². The molecule has 0 aromatic heterocycles. The molecule has 1 aliphatic carbocycles. The minimum atomic E-state index is 0.228. The van der Waals surface area contributed by atoms with E-state index < -0.39 is 0 Å². The molecule has 0 amide bonds. The highest BCUT2D eigenvalue weighted by Gasteiger charge is 2.21. The Morgan fingerprint density at radius 1 is 1.00 bits per heavy atom. The highest BCUT2D eigenvalue weighted by atomic mass is 16.2. The number of aliphatic hydroxyl groups is 1. The average Bonchev–Trinajstić information content (AvgIpc) is 2.87. The number of hydrogen-bond donors (Lipinski definition) is 1. The lowest BCUT2D eigenvalue weighted by atomic mass is 9.94. The van der Waals surface area contributed by atoms with E-state index in [9.17, 15) is 4.79 Å². The first-order valence-corrected chi connectivity index (χ1v) is 9.33. The normalized spacial score (nSPS) is 19.5. The molecular weight excluding hydrogens is 272 g/mol. The summed E-state index contributed by atoms with van der Waals surface area (Å²) in [5.41, 5.74) is 1.04. The van der Waals surface area contributed by atoms with E-state index in [1.165, 1.54) is 38.5 Å². The molecule has 0 saturated carbocycles. The third kappa shape index (κ3) is 7.93. The molecule has 1 N–H and O–H groups in total. The number of carbonyl (C=O) groups is 1. The van der Waals surface area contributed by atoms with Crippen LogP contribution in [0.3, 0.4) is 0 Å². The van der Waals surface area contributed by atoms with Crippen LogP contribution in [-0.4, -0.2) is 17.5 Å². The fourth-order valence-corrected chi connectivity index (χ4v) is 3.10. The molecule has 2 heteroatoms. The van der Waals surface area contributed by atoms with Crippen molar-refractivity contribution < 1.29 is 9.90 Å². The molecule has 1 rings (SSSR count). The van der Waals surface area contributed by atoms with Gasteiger partial charge in [-0.2, -0.15) is 0 Å². The lowest BCUT2D eigenvalue weighted by molar-refractivity contribution is -0.111. The number of rotatable bonds is 13. The molecule has 0 heterocycles. The van der Waals surface area contributed by atoms with Gasteiger partial charge in [-0.3, -0.25) is 4.79 Å². The number of allylic oxidation sites excluding steroid dienone is 4. The Morgan fingerprint density at radius 3 is 2.45 bits per heavy atom. The van der Waals surface area contributed by atoms with E-state index in [0.29, 0.717) is 12.5 Å². The van der Waals surface area contributed by atoms with Gasteiger partial charge in [-0.15, -0.1) is 0 Å². The van der Waals surface area contributed by atoms with Crippen LogP contribution >= 0.6 is 0 Å². The molecule has 0 aliphatic heterocycles. The van der Waals surface area contributed by atoms with E-state index in [1.807, 2.05) is 0 Å². The first-order valence-electron chi connectivity index (χ1n) is 9.33. The van der Waals surface area contributed by atoms with E-state index in [0.717, 1.165) is 44.1 Å². The second-order valence-electron chi connectivity index (χ2n) is 6.47. The zero-order valence-electron chi connectivity index (χ0n) is 14.4. The SMILES string of the molecule is CCCCCCCCC1C=CC(=O)/C1=C\CCCCCCO. The van der Waals surface area contributed by atoms with E-state index in [1.54, 1.807) is 6.08 Å². The predicted octanol–water partition coefficient (Wildman–Crippen LogP) is 5.36. The van der Waals surface area contributed by atoms with Gasteiger partial charge in [0.15, 0.2) is 5.78 Å². The second-order valence-corrected chi connectivity index (χ2v) is 6.47. The van der Waals surface area contributed by atoms with Gasteiger partial charge in [-0.25, -0.2) is 0 Å². The van der Waals surface area contributed by atoms with E-state index in [2.05, 4.69) is 19.1 Å². The van der Waals surface area contributed by atoms with Crippen LogP contribution in [0.25, 0.3) is 0 Å². The summed E-state index contributed by atoms with van der Waals surface area (Å²) in [6.45, 7) is 2.54. The zero-order chi connectivity index (χ0) is 16.0. The molecule has 22 heavy (non-hydrogen) atoms. The predicted molar refractivity (Wildman–Crippen MR) is 93.9 cm³/mol. The van der Waals surface area contributed by atoms with Gasteiger partial charge in [0, 0.05) is 18.1 Å². The van der Waals surface area contributed by atoms with Gasteiger partial charge in [0.25, 0.3) is 0 Å². The Kier molecular flexibility index (Phi) is 11.0. The average molecular weight is 306 g/mol. The molecule has 1 atom stereocenters. The van der Waals surface area contributed by atoms with Crippen molar-refractivity contribution in [3.8, 4) is 0 Å². The maximum Gasteiger partial charge on any atom is 0.181 e. The van der Waals surface area contributed by atoms with Crippen molar-refractivity contribution in [2.75, 3.05) is 6.61 Å². The van der Waals surface area contributed by atoms with Crippen molar-refractivity contribution in [2.24, 2.45) is 5.92 Å². The van der Waals surface area contributed by atoms with Crippen LogP contribution < -0.4 is 0 Å². The van der Waals surface area contributed by atoms with Crippen molar-refractivity contribution in [1.82, 2.24) is 0 Å². The van der Waals surface area contributed by atoms with Crippen LogP contribution in [0.15, 0.2) is 23.8 Å². The van der Waals surface area contributed by atoms with Crippen molar-refractivity contribution >= 4 is 5.78 Å². The van der Waals surface area contributed by atoms with Gasteiger partial charge in [0.1, 0.15) is 0 Å². The van der Waals surface area contributed by atoms with Gasteiger partial charge < -0.3 is 5.11 Å². The number of ketones is 1. The topological polar surface area (TPSA) is 37.3 Å². The highest BCUT2D eigenvalue weighted by Crippen LogP contribution is 2.27. The number of aliphatic hydroxyl groups excluding tert-OH is 1. The molecule has 1 aliphatic rings. The first kappa shape index (κ1) is 19.2. The Labute approximate surface area is 136 Å². The molecule has 0 spiro atoms. The van der Waals surface area contributed by atoms with Crippen molar-refractivity contribution in [1.29, 1.82) is 0 Å². The van der Waals surface area contributed by atoms with Gasteiger partial charge in [0.2, 0.25) is 0 Å². The van der Waals surface area contributed by atoms with Crippen molar-refractivity contribution in [3.63, 3.8) is 0 Å². The Bertz CT molecular complexity index is 355. The van der Waals surface area contributed by atoms with Crippen molar-refractivity contribution in [3.05, 3.63) is 23.8 Å². The van der Waals surface area contributed by atoms with Crippen LogP contribution in [-0.2, 0) is 4.79 Å². The summed E-state index contributed by atoms with van der Waals surface area (Å²) in [6, 6.07) is 0. The maximum absolute atomic E-state index is 11.9. The minimum absolute atomic E-state index is 0.228. The number of carbonyl (C=O) groups excluding carboxylic acids is 1. The molecule has 126 valence electrons. The molecule has 1 unspecified atom stereocenters. The Balaban J connectivity index is 2.21. The summed E-state index contributed by atoms with van der Waals surface area (Å²) in [6.07, 6.45) is 20.3. The molecule has 0 radical (unpaired) electrons. The molecule has 0 aromatic carbocycles. The highest BCUT2D eigenvalue weighted by molar-refractivity contribution is 6.07. The standard InChI is InChI=1S/C20H34O2/c1-2-3-4-5-7-10-13-18-15-16-20(22)19(18)14-11-8-6-9-12-17-21/h14-16,18,21H,2-13,17H2,1H3/b19-14-. The lowest BCUT2D eigenvalue weighted by Crippen LogP contribution is -2.03. The monoisotopic (exact) mass is 306 g/mol. The van der Waals surface area contributed by atoms with E-state index in [-0.39, 0.29) is 5.78 Å². The van der Waals surface area contributed by atoms with E-state index in [4.69, 9.17) is 5.11 Å². The summed E-state index contributed by atoms with van der Waals surface area (Å²) in [5.74, 6) is 0.599. The van der Waals surface area contributed by atoms with Gasteiger partial charge in [-0.1, -0.05) is 70.4 Å². The summed E-state index contributed by atoms with van der Waals surface area (Å²) in [7, 11) is 0. The van der Waals surface area contributed by atoms with Gasteiger partial charge in [0.05, 0.1) is 0 Å². The summed E-state index contributed by atoms with van der Waals surface area (Å²) in [5, 5.41) is 8.75. The summed E-state index contributed by atoms with van der Waals surface area (Å²) in [4.78, 5) is 11.9.